The van der Waals surface area contributed by atoms with Crippen LogP contribution < -0.4 is 4.74 Å². The fraction of sp³-hybridized carbons (Fsp3) is 0.435. The maximum Gasteiger partial charge on any atom is 0.303 e. The SMILES string of the molecule is CCC(CC)c1ccc(Br)c2nc(Oc3c(C)cc(Cl)cc3Cl)n(CCN(C)C)c12. The van der Waals surface area contributed by atoms with Gasteiger partial charge in [0, 0.05) is 22.6 Å². The average molecular weight is 513 g/mol. The predicted octanol–water partition coefficient (Wildman–Crippen LogP) is 7.67. The van der Waals surface area contributed by atoms with Gasteiger partial charge in [-0.3, -0.25) is 4.57 Å². The summed E-state index contributed by atoms with van der Waals surface area (Å²) in [4.78, 5) is 7.04. The van der Waals surface area contributed by atoms with Crippen LogP contribution in [-0.2, 0) is 6.54 Å². The van der Waals surface area contributed by atoms with E-state index in [9.17, 15) is 0 Å². The van der Waals surface area contributed by atoms with Crippen molar-refractivity contribution >= 4 is 50.2 Å². The molecule has 0 N–H and O–H groups in total. The lowest BCUT2D eigenvalue weighted by Crippen LogP contribution is -2.19. The summed E-state index contributed by atoms with van der Waals surface area (Å²) in [6, 6.07) is 8.38. The van der Waals surface area contributed by atoms with Gasteiger partial charge in [0.25, 0.3) is 0 Å². The molecule has 162 valence electrons. The molecule has 0 aliphatic heterocycles. The minimum absolute atomic E-state index is 0.462. The second-order valence-electron chi connectivity index (χ2n) is 7.83. The van der Waals surface area contributed by atoms with E-state index >= 15 is 0 Å². The number of imidazole rings is 1. The number of halogens is 3. The smallest absolute Gasteiger partial charge is 0.303 e. The molecule has 0 spiro atoms. The molecule has 0 amide bonds. The first-order valence-electron chi connectivity index (χ1n) is 10.2. The average Bonchev–Trinajstić information content (AvgIpc) is 3.04. The Balaban J connectivity index is 2.22. The van der Waals surface area contributed by atoms with Gasteiger partial charge in [0.05, 0.1) is 10.5 Å². The number of aryl methyl sites for hydroxylation is 1. The van der Waals surface area contributed by atoms with E-state index in [1.807, 2.05) is 13.0 Å². The summed E-state index contributed by atoms with van der Waals surface area (Å²) in [5.41, 5.74) is 4.21. The lowest BCUT2D eigenvalue weighted by Gasteiger charge is -2.19. The predicted molar refractivity (Wildman–Crippen MR) is 131 cm³/mol. The Morgan fingerprint density at radius 1 is 1.17 bits per heavy atom. The molecule has 0 saturated heterocycles. The molecule has 0 aliphatic rings. The first-order valence-corrected chi connectivity index (χ1v) is 11.8. The molecule has 0 unspecified atom stereocenters. The van der Waals surface area contributed by atoms with Crippen LogP contribution >= 0.6 is 39.1 Å². The van der Waals surface area contributed by atoms with Gasteiger partial charge < -0.3 is 9.64 Å². The van der Waals surface area contributed by atoms with E-state index in [0.29, 0.717) is 27.7 Å². The Kier molecular flexibility index (Phi) is 7.72. The van der Waals surface area contributed by atoms with E-state index in [1.54, 1.807) is 6.07 Å². The first kappa shape index (κ1) is 23.4. The summed E-state index contributed by atoms with van der Waals surface area (Å²) in [5.74, 6) is 1.05. The summed E-state index contributed by atoms with van der Waals surface area (Å²) in [7, 11) is 4.13. The van der Waals surface area contributed by atoms with E-state index in [0.717, 1.165) is 47.0 Å². The third-order valence-corrected chi connectivity index (χ3v) is 6.56. The molecule has 30 heavy (non-hydrogen) atoms. The van der Waals surface area contributed by atoms with Crippen molar-refractivity contribution in [2.45, 2.75) is 46.1 Å². The number of hydrogen-bond acceptors (Lipinski definition) is 3. The van der Waals surface area contributed by atoms with Gasteiger partial charge in [-0.05, 0) is 85.0 Å². The van der Waals surface area contributed by atoms with Crippen LogP contribution in [0.25, 0.3) is 11.0 Å². The number of nitrogens with zero attached hydrogens (tertiary/aromatic N) is 3. The number of aromatic nitrogens is 2. The number of hydrogen-bond donors (Lipinski definition) is 0. The number of benzene rings is 2. The summed E-state index contributed by atoms with van der Waals surface area (Å²) in [6.45, 7) is 8.02. The van der Waals surface area contributed by atoms with E-state index < -0.39 is 0 Å². The van der Waals surface area contributed by atoms with Crippen molar-refractivity contribution in [2.24, 2.45) is 0 Å². The van der Waals surface area contributed by atoms with Gasteiger partial charge in [-0.2, -0.15) is 4.98 Å². The van der Waals surface area contributed by atoms with Crippen LogP contribution in [0.2, 0.25) is 10.0 Å². The zero-order valence-corrected chi connectivity index (χ0v) is 21.2. The molecular formula is C23H28BrCl2N3O. The second-order valence-corrected chi connectivity index (χ2v) is 9.53. The fourth-order valence-corrected chi connectivity index (χ4v) is 4.81. The van der Waals surface area contributed by atoms with Crippen molar-refractivity contribution in [1.82, 2.24) is 14.5 Å². The monoisotopic (exact) mass is 511 g/mol. The van der Waals surface area contributed by atoms with E-state index in [1.165, 1.54) is 5.56 Å². The van der Waals surface area contributed by atoms with Crippen molar-refractivity contribution in [3.05, 3.63) is 49.9 Å². The first-order chi connectivity index (χ1) is 14.3. The van der Waals surface area contributed by atoms with Crippen LogP contribution in [-0.4, -0.2) is 35.1 Å². The van der Waals surface area contributed by atoms with Gasteiger partial charge in [0.15, 0.2) is 5.75 Å². The minimum Gasteiger partial charge on any atom is -0.424 e. The largest absolute Gasteiger partial charge is 0.424 e. The van der Waals surface area contributed by atoms with E-state index in [2.05, 4.69) is 65.5 Å². The second kappa shape index (κ2) is 9.90. The molecule has 2 aromatic carbocycles. The third-order valence-electron chi connectivity index (χ3n) is 5.43. The molecule has 0 atom stereocenters. The van der Waals surface area contributed by atoms with Crippen LogP contribution in [0.1, 0.15) is 43.7 Å². The molecule has 1 aromatic heterocycles. The van der Waals surface area contributed by atoms with Crippen LogP contribution in [0, 0.1) is 6.92 Å². The van der Waals surface area contributed by atoms with Gasteiger partial charge in [0.1, 0.15) is 5.52 Å². The van der Waals surface area contributed by atoms with Crippen LogP contribution in [0.5, 0.6) is 11.8 Å². The molecule has 3 aromatic rings. The van der Waals surface area contributed by atoms with Crippen LogP contribution in [0.15, 0.2) is 28.7 Å². The molecule has 0 aliphatic carbocycles. The van der Waals surface area contributed by atoms with Crippen molar-refractivity contribution in [3.8, 4) is 11.8 Å². The standard InChI is InChI=1S/C23H28BrCl2N3O/c1-6-15(7-2)17-8-9-18(24)20-21(17)29(11-10-28(4)5)23(27-20)30-22-14(3)12-16(25)13-19(22)26/h8-9,12-13,15H,6-7,10-11H2,1-5H3. The van der Waals surface area contributed by atoms with Gasteiger partial charge >= 0.3 is 6.01 Å². The molecule has 4 nitrogen and oxygen atoms in total. The normalized spacial score (nSPS) is 11.8. The number of ether oxygens (including phenoxy) is 1. The third kappa shape index (κ3) is 4.80. The molecule has 1 heterocycles. The highest BCUT2D eigenvalue weighted by molar-refractivity contribution is 9.10. The highest BCUT2D eigenvalue weighted by atomic mass is 79.9. The van der Waals surface area contributed by atoms with Crippen molar-refractivity contribution in [2.75, 3.05) is 20.6 Å². The van der Waals surface area contributed by atoms with Crippen molar-refractivity contribution < 1.29 is 4.74 Å². The van der Waals surface area contributed by atoms with Gasteiger partial charge in [-0.15, -0.1) is 0 Å². The van der Waals surface area contributed by atoms with Gasteiger partial charge in [0.2, 0.25) is 0 Å². The molecule has 0 radical (unpaired) electrons. The molecule has 0 saturated carbocycles. The summed E-state index contributed by atoms with van der Waals surface area (Å²) in [5, 5.41) is 1.07. The number of likely N-dealkylation sites (N-methyl/N-ethyl adjacent to an activating group) is 1. The van der Waals surface area contributed by atoms with Crippen molar-refractivity contribution in [3.63, 3.8) is 0 Å². The summed E-state index contributed by atoms with van der Waals surface area (Å²) >= 11 is 16.3. The molecule has 0 bridgehead atoms. The Morgan fingerprint density at radius 2 is 1.87 bits per heavy atom. The topological polar surface area (TPSA) is 30.3 Å². The Hall–Kier alpha value is -1.27. The molecular weight excluding hydrogens is 485 g/mol. The van der Waals surface area contributed by atoms with E-state index in [4.69, 9.17) is 32.9 Å². The zero-order chi connectivity index (χ0) is 22.0. The van der Waals surface area contributed by atoms with Crippen molar-refractivity contribution in [1.29, 1.82) is 0 Å². The number of fused-ring (bicyclic) bond motifs is 1. The minimum atomic E-state index is 0.462. The quantitative estimate of drug-likeness (QED) is 0.310. The number of rotatable bonds is 8. The van der Waals surface area contributed by atoms with Crippen LogP contribution in [0.4, 0.5) is 0 Å². The lowest BCUT2D eigenvalue weighted by molar-refractivity contribution is 0.358. The molecule has 7 heteroatoms. The van der Waals surface area contributed by atoms with E-state index in [-0.39, 0.29) is 0 Å². The maximum atomic E-state index is 6.46. The molecule has 3 rings (SSSR count). The zero-order valence-electron chi connectivity index (χ0n) is 18.1. The van der Waals surface area contributed by atoms with Gasteiger partial charge in [-0.25, -0.2) is 0 Å². The lowest BCUT2D eigenvalue weighted by atomic mass is 9.93. The molecule has 0 fully saturated rings. The Labute approximate surface area is 197 Å². The summed E-state index contributed by atoms with van der Waals surface area (Å²) < 4.78 is 9.46. The Bertz CT molecular complexity index is 1020. The maximum absolute atomic E-state index is 6.46. The fourth-order valence-electron chi connectivity index (χ4n) is 3.77. The highest BCUT2D eigenvalue weighted by Crippen LogP contribution is 2.40. The summed E-state index contributed by atoms with van der Waals surface area (Å²) in [6.07, 6.45) is 2.15. The Morgan fingerprint density at radius 3 is 2.47 bits per heavy atom. The van der Waals surface area contributed by atoms with Crippen LogP contribution in [0.3, 0.4) is 0 Å². The van der Waals surface area contributed by atoms with Gasteiger partial charge in [-0.1, -0.05) is 43.1 Å². The highest BCUT2D eigenvalue weighted by Gasteiger charge is 2.22.